The number of hydrogen-bond acceptors (Lipinski definition) is 4. The van der Waals surface area contributed by atoms with Gasteiger partial charge in [-0.2, -0.15) is 0 Å². The van der Waals surface area contributed by atoms with E-state index in [0.29, 0.717) is 17.9 Å². The van der Waals surface area contributed by atoms with Gasteiger partial charge >= 0.3 is 5.97 Å². The molecule has 5 heteroatoms. The summed E-state index contributed by atoms with van der Waals surface area (Å²) >= 11 is 0. The molecule has 0 spiro atoms. The van der Waals surface area contributed by atoms with Gasteiger partial charge in [-0.3, -0.25) is 9.00 Å². The SMILES string of the molecule is COC(=O)CC1(CS(=O)Cc2ccc(O)cc2)CC1. The van der Waals surface area contributed by atoms with Gasteiger partial charge in [0.05, 0.1) is 13.5 Å². The highest BCUT2D eigenvalue weighted by Crippen LogP contribution is 2.49. The second-order valence-corrected chi connectivity index (χ2v) is 6.60. The number of carbonyl (C=O) groups excluding carboxylic acids is 1. The standard InChI is InChI=1S/C14H18O4S/c1-18-13(16)8-14(6-7-14)10-19(17)9-11-2-4-12(15)5-3-11/h2-5,15H,6-10H2,1H3. The summed E-state index contributed by atoms with van der Waals surface area (Å²) in [6.45, 7) is 0. The van der Waals surface area contributed by atoms with E-state index in [0.717, 1.165) is 18.4 Å². The maximum absolute atomic E-state index is 12.1. The van der Waals surface area contributed by atoms with E-state index in [2.05, 4.69) is 4.74 Å². The molecule has 1 aliphatic rings. The van der Waals surface area contributed by atoms with Crippen LogP contribution >= 0.6 is 0 Å². The zero-order valence-corrected chi connectivity index (χ0v) is 11.7. The summed E-state index contributed by atoms with van der Waals surface area (Å²) in [5.74, 6) is 0.990. The summed E-state index contributed by atoms with van der Waals surface area (Å²) in [6.07, 6.45) is 2.26. The van der Waals surface area contributed by atoms with E-state index in [-0.39, 0.29) is 17.1 Å². The first-order valence-corrected chi connectivity index (χ1v) is 7.71. The average Bonchev–Trinajstić information content (AvgIpc) is 3.11. The minimum atomic E-state index is -0.992. The van der Waals surface area contributed by atoms with Crippen molar-refractivity contribution in [1.82, 2.24) is 0 Å². The maximum atomic E-state index is 12.1. The number of esters is 1. The monoisotopic (exact) mass is 282 g/mol. The first-order chi connectivity index (χ1) is 9.03. The van der Waals surface area contributed by atoms with E-state index in [4.69, 9.17) is 0 Å². The van der Waals surface area contributed by atoms with Crippen molar-refractivity contribution in [2.24, 2.45) is 5.41 Å². The van der Waals surface area contributed by atoms with Gasteiger partial charge in [0, 0.05) is 22.3 Å². The zero-order chi connectivity index (χ0) is 13.9. The van der Waals surface area contributed by atoms with Crippen LogP contribution in [0.3, 0.4) is 0 Å². The van der Waals surface area contributed by atoms with Gasteiger partial charge in [0.1, 0.15) is 5.75 Å². The molecule has 1 unspecified atom stereocenters. The Kier molecular flexibility index (Phi) is 4.24. The van der Waals surface area contributed by atoms with Crippen molar-refractivity contribution in [1.29, 1.82) is 0 Å². The molecule has 2 rings (SSSR count). The molecule has 104 valence electrons. The molecule has 0 bridgehead atoms. The Morgan fingerprint density at radius 3 is 2.53 bits per heavy atom. The number of methoxy groups -OCH3 is 1. The normalized spacial score (nSPS) is 17.7. The number of aromatic hydroxyl groups is 1. The minimum absolute atomic E-state index is 0.102. The summed E-state index contributed by atoms with van der Waals surface area (Å²) in [5.41, 5.74) is 0.833. The van der Waals surface area contributed by atoms with Crippen molar-refractivity contribution in [2.45, 2.75) is 25.0 Å². The second kappa shape index (κ2) is 5.74. The lowest BCUT2D eigenvalue weighted by molar-refractivity contribution is -0.141. The van der Waals surface area contributed by atoms with Gasteiger partial charge in [0.2, 0.25) is 0 Å². The highest BCUT2D eigenvalue weighted by Gasteiger charge is 2.45. The molecule has 0 radical (unpaired) electrons. The van der Waals surface area contributed by atoms with Crippen molar-refractivity contribution in [2.75, 3.05) is 12.9 Å². The van der Waals surface area contributed by atoms with E-state index in [1.165, 1.54) is 7.11 Å². The Hall–Kier alpha value is -1.36. The molecule has 1 aliphatic carbocycles. The Bertz CT molecular complexity index is 477. The summed E-state index contributed by atoms with van der Waals surface area (Å²) in [7, 11) is 0.388. The third-order valence-electron chi connectivity index (χ3n) is 3.44. The molecule has 0 aromatic heterocycles. The van der Waals surface area contributed by atoms with Gasteiger partial charge in [-0.25, -0.2) is 0 Å². The number of rotatable bonds is 6. The Balaban J connectivity index is 1.87. The van der Waals surface area contributed by atoms with Crippen LogP contribution in [0.25, 0.3) is 0 Å². The van der Waals surface area contributed by atoms with Crippen molar-refractivity contribution in [3.8, 4) is 5.75 Å². The lowest BCUT2D eigenvalue weighted by Crippen LogP contribution is -2.18. The molecule has 0 heterocycles. The topological polar surface area (TPSA) is 63.6 Å². The molecule has 0 saturated heterocycles. The Morgan fingerprint density at radius 1 is 1.37 bits per heavy atom. The minimum Gasteiger partial charge on any atom is -0.508 e. The summed E-state index contributed by atoms with van der Waals surface area (Å²) in [4.78, 5) is 11.3. The Morgan fingerprint density at radius 2 is 2.00 bits per heavy atom. The maximum Gasteiger partial charge on any atom is 0.306 e. The van der Waals surface area contributed by atoms with E-state index in [1.807, 2.05) is 0 Å². The highest BCUT2D eigenvalue weighted by molar-refractivity contribution is 7.84. The molecule has 4 nitrogen and oxygen atoms in total. The van der Waals surface area contributed by atoms with Crippen LogP contribution in [-0.4, -0.2) is 28.1 Å². The number of ether oxygens (including phenoxy) is 1. The zero-order valence-electron chi connectivity index (χ0n) is 10.9. The smallest absolute Gasteiger partial charge is 0.306 e. The molecule has 1 aromatic carbocycles. The van der Waals surface area contributed by atoms with Crippen LogP contribution in [0.4, 0.5) is 0 Å². The lowest BCUT2D eigenvalue weighted by Gasteiger charge is -2.13. The number of phenolic OH excluding ortho intramolecular Hbond substituents is 1. The summed E-state index contributed by atoms with van der Waals surface area (Å²) in [5, 5.41) is 9.19. The van der Waals surface area contributed by atoms with Gasteiger partial charge in [0.25, 0.3) is 0 Å². The number of phenols is 1. The third-order valence-corrected chi connectivity index (χ3v) is 5.02. The number of benzene rings is 1. The van der Waals surface area contributed by atoms with Crippen molar-refractivity contribution in [3.05, 3.63) is 29.8 Å². The molecule has 0 amide bonds. The van der Waals surface area contributed by atoms with Crippen LogP contribution < -0.4 is 0 Å². The molecule has 1 atom stereocenters. The van der Waals surface area contributed by atoms with Crippen LogP contribution in [0, 0.1) is 5.41 Å². The van der Waals surface area contributed by atoms with E-state index in [1.54, 1.807) is 24.3 Å². The highest BCUT2D eigenvalue weighted by atomic mass is 32.2. The van der Waals surface area contributed by atoms with Crippen molar-refractivity contribution < 1.29 is 18.8 Å². The van der Waals surface area contributed by atoms with Gasteiger partial charge in [-0.15, -0.1) is 0 Å². The molecule has 1 saturated carbocycles. The van der Waals surface area contributed by atoms with Crippen LogP contribution in [0.1, 0.15) is 24.8 Å². The second-order valence-electron chi connectivity index (χ2n) is 5.15. The van der Waals surface area contributed by atoms with Crippen LogP contribution in [0.15, 0.2) is 24.3 Å². The summed E-state index contributed by atoms with van der Waals surface area (Å²) in [6, 6.07) is 6.72. The van der Waals surface area contributed by atoms with E-state index >= 15 is 0 Å². The first kappa shape index (κ1) is 14.1. The molecule has 0 aliphatic heterocycles. The van der Waals surface area contributed by atoms with E-state index < -0.39 is 10.8 Å². The summed E-state index contributed by atoms with van der Waals surface area (Å²) < 4.78 is 16.8. The van der Waals surface area contributed by atoms with Gasteiger partial charge in [0.15, 0.2) is 0 Å². The van der Waals surface area contributed by atoms with Gasteiger partial charge in [-0.1, -0.05) is 12.1 Å². The van der Waals surface area contributed by atoms with Crippen molar-refractivity contribution in [3.63, 3.8) is 0 Å². The molecule has 19 heavy (non-hydrogen) atoms. The lowest BCUT2D eigenvalue weighted by atomic mass is 10.1. The molecule has 1 fully saturated rings. The molecular weight excluding hydrogens is 264 g/mol. The average molecular weight is 282 g/mol. The van der Waals surface area contributed by atoms with Gasteiger partial charge in [-0.05, 0) is 36.0 Å². The quantitative estimate of drug-likeness (QED) is 0.810. The van der Waals surface area contributed by atoms with Gasteiger partial charge < -0.3 is 9.84 Å². The van der Waals surface area contributed by atoms with Crippen LogP contribution in [0.2, 0.25) is 0 Å². The molecular formula is C14H18O4S. The van der Waals surface area contributed by atoms with E-state index in [9.17, 15) is 14.1 Å². The van der Waals surface area contributed by atoms with Crippen LogP contribution in [-0.2, 0) is 26.1 Å². The van der Waals surface area contributed by atoms with Crippen LogP contribution in [0.5, 0.6) is 5.75 Å². The Labute approximate surface area is 115 Å². The van der Waals surface area contributed by atoms with Crippen molar-refractivity contribution >= 4 is 16.8 Å². The fourth-order valence-electron chi connectivity index (χ4n) is 2.10. The third kappa shape index (κ3) is 4.06. The largest absolute Gasteiger partial charge is 0.508 e. The predicted octanol–water partition coefficient (Wildman–Crippen LogP) is 1.98. The fraction of sp³-hybridized carbons (Fsp3) is 0.500. The molecule has 1 aromatic rings. The fourth-order valence-corrected chi connectivity index (χ4v) is 3.84. The predicted molar refractivity (Wildman–Crippen MR) is 73.1 cm³/mol. The number of hydrogen-bond donors (Lipinski definition) is 1. The number of carbonyl (C=O) groups is 1. The molecule has 1 N–H and O–H groups in total. The first-order valence-electron chi connectivity index (χ1n) is 6.23.